The van der Waals surface area contributed by atoms with Crippen molar-refractivity contribution < 1.29 is 29.0 Å². The number of benzene rings is 1. The van der Waals surface area contributed by atoms with Crippen LogP contribution in [0.2, 0.25) is 0 Å². The molecule has 1 saturated heterocycles. The normalized spacial score (nSPS) is 19.0. The van der Waals surface area contributed by atoms with E-state index in [0.717, 1.165) is 6.42 Å². The summed E-state index contributed by atoms with van der Waals surface area (Å²) in [6.45, 7) is 2.54. The summed E-state index contributed by atoms with van der Waals surface area (Å²) >= 11 is 0. The number of likely N-dealkylation sites (tertiary alicyclic amines) is 1. The molecule has 2 atom stereocenters. The molecule has 8 heteroatoms. The van der Waals surface area contributed by atoms with Gasteiger partial charge in [-0.3, -0.25) is 9.59 Å². The highest BCUT2D eigenvalue weighted by Crippen LogP contribution is 2.33. The van der Waals surface area contributed by atoms with E-state index in [1.54, 1.807) is 18.2 Å². The van der Waals surface area contributed by atoms with Crippen LogP contribution in [0.5, 0.6) is 11.5 Å². The lowest BCUT2D eigenvalue weighted by atomic mass is 10.1. The van der Waals surface area contributed by atoms with Crippen LogP contribution in [-0.4, -0.2) is 53.2 Å². The number of nitrogens with one attached hydrogen (secondary N) is 1. The van der Waals surface area contributed by atoms with Gasteiger partial charge >= 0.3 is 5.97 Å². The molecular weight excluding hydrogens is 352 g/mol. The average molecular weight is 376 g/mol. The van der Waals surface area contributed by atoms with E-state index >= 15 is 0 Å². The highest BCUT2D eigenvalue weighted by Gasteiger charge is 2.36. The summed E-state index contributed by atoms with van der Waals surface area (Å²) in [5.41, 5.74) is 0.416. The molecule has 1 fully saturated rings. The first-order valence-corrected chi connectivity index (χ1v) is 9.25. The van der Waals surface area contributed by atoms with Gasteiger partial charge in [0, 0.05) is 12.1 Å². The molecule has 8 nitrogen and oxygen atoms in total. The number of carbonyl (C=O) groups is 3. The van der Waals surface area contributed by atoms with E-state index in [9.17, 15) is 19.5 Å². The molecule has 2 aliphatic rings. The number of fused-ring (bicyclic) bond motifs is 1. The highest BCUT2D eigenvalue weighted by molar-refractivity contribution is 5.99. The van der Waals surface area contributed by atoms with Crippen molar-refractivity contribution in [3.63, 3.8) is 0 Å². The molecule has 3 rings (SSSR count). The van der Waals surface area contributed by atoms with Crippen molar-refractivity contribution >= 4 is 17.8 Å². The molecule has 0 bridgehead atoms. The van der Waals surface area contributed by atoms with Crippen LogP contribution in [-0.2, 0) is 9.59 Å². The summed E-state index contributed by atoms with van der Waals surface area (Å²) in [5.74, 6) is -0.644. The van der Waals surface area contributed by atoms with Gasteiger partial charge in [0.1, 0.15) is 12.1 Å². The van der Waals surface area contributed by atoms with Crippen LogP contribution in [0.3, 0.4) is 0 Å². The number of hydrogen-bond donors (Lipinski definition) is 2. The topological polar surface area (TPSA) is 105 Å². The van der Waals surface area contributed by atoms with E-state index in [4.69, 9.17) is 9.47 Å². The SMILES string of the molecule is CCCC[C@H](NC(=O)C1CCCN1C(=O)c1ccc2c(c1)OCO2)C(=O)O. The quantitative estimate of drug-likeness (QED) is 0.752. The van der Waals surface area contributed by atoms with Crippen molar-refractivity contribution in [1.29, 1.82) is 0 Å². The Kier molecular flexibility index (Phi) is 5.83. The monoisotopic (exact) mass is 376 g/mol. The van der Waals surface area contributed by atoms with Crippen LogP contribution in [0.15, 0.2) is 18.2 Å². The molecule has 0 saturated carbocycles. The number of amides is 2. The molecule has 2 N–H and O–H groups in total. The largest absolute Gasteiger partial charge is 0.480 e. The number of ether oxygens (including phenoxy) is 2. The molecule has 1 aromatic rings. The summed E-state index contributed by atoms with van der Waals surface area (Å²) in [5, 5.41) is 11.9. The van der Waals surface area contributed by atoms with Gasteiger partial charge in [-0.1, -0.05) is 19.8 Å². The van der Waals surface area contributed by atoms with Gasteiger partial charge < -0.3 is 24.8 Å². The van der Waals surface area contributed by atoms with E-state index < -0.39 is 24.0 Å². The van der Waals surface area contributed by atoms with E-state index in [1.807, 2.05) is 6.92 Å². The van der Waals surface area contributed by atoms with Gasteiger partial charge in [-0.05, 0) is 37.5 Å². The number of rotatable bonds is 7. The number of unbranched alkanes of at least 4 members (excludes halogenated alkanes) is 1. The zero-order valence-corrected chi connectivity index (χ0v) is 15.3. The number of carboxylic acid groups (broad SMARTS) is 1. The van der Waals surface area contributed by atoms with Gasteiger partial charge in [0.15, 0.2) is 11.5 Å². The Morgan fingerprint density at radius 1 is 1.30 bits per heavy atom. The molecule has 1 aromatic carbocycles. The zero-order valence-electron chi connectivity index (χ0n) is 15.3. The molecule has 146 valence electrons. The van der Waals surface area contributed by atoms with Crippen molar-refractivity contribution in [2.75, 3.05) is 13.3 Å². The fourth-order valence-corrected chi connectivity index (χ4v) is 3.41. The van der Waals surface area contributed by atoms with Crippen LogP contribution in [0.1, 0.15) is 49.4 Å². The Morgan fingerprint density at radius 2 is 2.07 bits per heavy atom. The second-order valence-corrected chi connectivity index (χ2v) is 6.77. The molecule has 0 aromatic heterocycles. The first-order valence-electron chi connectivity index (χ1n) is 9.25. The third kappa shape index (κ3) is 4.15. The zero-order chi connectivity index (χ0) is 19.4. The lowest BCUT2D eigenvalue weighted by molar-refractivity contribution is -0.142. The Morgan fingerprint density at radius 3 is 2.81 bits per heavy atom. The van der Waals surface area contributed by atoms with E-state index in [2.05, 4.69) is 5.32 Å². The van der Waals surface area contributed by atoms with Crippen molar-refractivity contribution in [3.05, 3.63) is 23.8 Å². The van der Waals surface area contributed by atoms with Crippen molar-refractivity contribution in [1.82, 2.24) is 10.2 Å². The van der Waals surface area contributed by atoms with E-state index in [0.29, 0.717) is 49.3 Å². The number of carbonyl (C=O) groups excluding carboxylic acids is 2. The van der Waals surface area contributed by atoms with Gasteiger partial charge in [-0.25, -0.2) is 4.79 Å². The summed E-state index contributed by atoms with van der Waals surface area (Å²) in [6, 6.07) is 3.34. The summed E-state index contributed by atoms with van der Waals surface area (Å²) in [6.07, 6.45) is 3.14. The van der Waals surface area contributed by atoms with Crippen LogP contribution in [0, 0.1) is 0 Å². The molecule has 27 heavy (non-hydrogen) atoms. The van der Waals surface area contributed by atoms with Gasteiger partial charge in [-0.2, -0.15) is 0 Å². The Labute approximate surface area is 157 Å². The minimum absolute atomic E-state index is 0.121. The lowest BCUT2D eigenvalue weighted by Crippen LogP contribution is -2.50. The van der Waals surface area contributed by atoms with Gasteiger partial charge in [0.2, 0.25) is 12.7 Å². The second-order valence-electron chi connectivity index (χ2n) is 6.77. The van der Waals surface area contributed by atoms with Crippen LogP contribution < -0.4 is 14.8 Å². The Hall–Kier alpha value is -2.77. The van der Waals surface area contributed by atoms with Gasteiger partial charge in [-0.15, -0.1) is 0 Å². The lowest BCUT2D eigenvalue weighted by Gasteiger charge is -2.25. The Bertz CT molecular complexity index is 735. The molecule has 1 unspecified atom stereocenters. The second kappa shape index (κ2) is 8.28. The van der Waals surface area contributed by atoms with Crippen molar-refractivity contribution in [2.24, 2.45) is 0 Å². The summed E-state index contributed by atoms with van der Waals surface area (Å²) < 4.78 is 10.6. The number of nitrogens with zero attached hydrogens (tertiary/aromatic N) is 1. The number of hydrogen-bond acceptors (Lipinski definition) is 5. The predicted molar refractivity (Wildman–Crippen MR) is 95.7 cm³/mol. The van der Waals surface area contributed by atoms with Gasteiger partial charge in [0.25, 0.3) is 5.91 Å². The summed E-state index contributed by atoms with van der Waals surface area (Å²) in [7, 11) is 0. The maximum absolute atomic E-state index is 12.9. The maximum Gasteiger partial charge on any atom is 0.326 e. The molecule has 2 aliphatic heterocycles. The fraction of sp³-hybridized carbons (Fsp3) is 0.526. The van der Waals surface area contributed by atoms with E-state index in [1.165, 1.54) is 4.90 Å². The molecule has 2 heterocycles. The van der Waals surface area contributed by atoms with Crippen molar-refractivity contribution in [2.45, 2.75) is 51.1 Å². The molecule has 0 spiro atoms. The predicted octanol–water partition coefficient (Wildman–Crippen LogP) is 1.78. The first-order chi connectivity index (χ1) is 13.0. The maximum atomic E-state index is 12.9. The van der Waals surface area contributed by atoms with Crippen molar-refractivity contribution in [3.8, 4) is 11.5 Å². The number of carboxylic acids is 1. The summed E-state index contributed by atoms with van der Waals surface area (Å²) in [4.78, 5) is 38.4. The highest BCUT2D eigenvalue weighted by atomic mass is 16.7. The van der Waals surface area contributed by atoms with E-state index in [-0.39, 0.29) is 12.7 Å². The third-order valence-corrected chi connectivity index (χ3v) is 4.90. The minimum atomic E-state index is -1.05. The molecular formula is C19H24N2O6. The standard InChI is InChI=1S/C19H24N2O6/c1-2-3-5-13(19(24)25)20-17(22)14-6-4-9-21(14)18(23)12-7-8-15-16(10-12)27-11-26-15/h7-8,10,13-14H,2-6,9,11H2,1H3,(H,20,22)(H,24,25)/t13-,14?/m0/s1. The smallest absolute Gasteiger partial charge is 0.326 e. The third-order valence-electron chi connectivity index (χ3n) is 4.90. The molecule has 0 radical (unpaired) electrons. The molecule has 2 amide bonds. The van der Waals surface area contributed by atoms with Crippen LogP contribution in [0.25, 0.3) is 0 Å². The first kappa shape index (κ1) is 19.0. The Balaban J connectivity index is 1.69. The van der Waals surface area contributed by atoms with Crippen LogP contribution >= 0.6 is 0 Å². The minimum Gasteiger partial charge on any atom is -0.480 e. The van der Waals surface area contributed by atoms with Gasteiger partial charge in [0.05, 0.1) is 0 Å². The number of aliphatic carboxylic acids is 1. The average Bonchev–Trinajstić information content (AvgIpc) is 3.32. The van der Waals surface area contributed by atoms with Crippen LogP contribution in [0.4, 0.5) is 0 Å². The fourth-order valence-electron chi connectivity index (χ4n) is 3.41. The molecule has 0 aliphatic carbocycles.